The minimum absolute atomic E-state index is 0.772. The topological polar surface area (TPSA) is 58.3 Å². The van der Waals surface area contributed by atoms with E-state index in [0.717, 1.165) is 32.0 Å². The maximum absolute atomic E-state index is 4.37. The van der Waals surface area contributed by atoms with Crippen molar-refractivity contribution in [1.29, 1.82) is 0 Å². The molecule has 1 aromatic heterocycles. The third-order valence-electron chi connectivity index (χ3n) is 3.45. The summed E-state index contributed by atoms with van der Waals surface area (Å²) in [7, 11) is 1.82. The van der Waals surface area contributed by atoms with Gasteiger partial charge in [-0.15, -0.1) is 0 Å². The zero-order chi connectivity index (χ0) is 13.8. The molecule has 0 radical (unpaired) electrons. The molecule has 3 rings (SSSR count). The van der Waals surface area contributed by atoms with Crippen molar-refractivity contribution < 1.29 is 0 Å². The van der Waals surface area contributed by atoms with E-state index < -0.39 is 0 Å². The van der Waals surface area contributed by atoms with Gasteiger partial charge in [-0.05, 0) is 18.1 Å². The van der Waals surface area contributed by atoms with Crippen molar-refractivity contribution >= 4 is 11.6 Å². The highest BCUT2D eigenvalue weighted by molar-refractivity contribution is 5.97. The van der Waals surface area contributed by atoms with E-state index in [1.807, 2.05) is 7.05 Å². The minimum atomic E-state index is 0.772. The van der Waals surface area contributed by atoms with E-state index in [1.165, 1.54) is 11.3 Å². The van der Waals surface area contributed by atoms with Crippen LogP contribution < -0.4 is 10.2 Å². The Balaban J connectivity index is 1.63. The van der Waals surface area contributed by atoms with Crippen LogP contribution in [0.4, 0.5) is 5.69 Å². The van der Waals surface area contributed by atoms with Crippen LogP contribution in [0.25, 0.3) is 0 Å². The summed E-state index contributed by atoms with van der Waals surface area (Å²) >= 11 is 0. The van der Waals surface area contributed by atoms with Crippen LogP contribution >= 0.6 is 0 Å². The Bertz CT molecular complexity index is 589. The lowest BCUT2D eigenvalue weighted by atomic mass is 10.2. The zero-order valence-corrected chi connectivity index (χ0v) is 11.5. The maximum atomic E-state index is 4.37. The van der Waals surface area contributed by atoms with E-state index in [9.17, 15) is 0 Å². The van der Waals surface area contributed by atoms with Crippen molar-refractivity contribution in [2.45, 2.75) is 13.0 Å². The summed E-state index contributed by atoms with van der Waals surface area (Å²) in [6.45, 7) is 2.52. The monoisotopic (exact) mass is 270 g/mol. The van der Waals surface area contributed by atoms with E-state index in [-0.39, 0.29) is 0 Å². The molecule has 0 saturated carbocycles. The first-order valence-corrected chi connectivity index (χ1v) is 6.77. The second-order valence-corrected chi connectivity index (χ2v) is 4.66. The van der Waals surface area contributed by atoms with Crippen LogP contribution in [0, 0.1) is 0 Å². The maximum Gasteiger partial charge on any atom is 0.198 e. The summed E-state index contributed by atoms with van der Waals surface area (Å²) in [6, 6.07) is 8.48. The van der Waals surface area contributed by atoms with Crippen molar-refractivity contribution in [2.75, 3.05) is 25.0 Å². The van der Waals surface area contributed by atoms with Crippen LogP contribution in [0.1, 0.15) is 5.56 Å². The lowest BCUT2D eigenvalue weighted by Gasteiger charge is -2.22. The molecule has 0 saturated heterocycles. The van der Waals surface area contributed by atoms with E-state index in [1.54, 1.807) is 17.3 Å². The average Bonchev–Trinajstić information content (AvgIpc) is 3.13. The Hall–Kier alpha value is -2.37. The molecule has 20 heavy (non-hydrogen) atoms. The Morgan fingerprint density at radius 1 is 1.40 bits per heavy atom. The SMILES string of the molecule is CN=C(NCCn1cncn1)N1CCc2ccccc21. The molecule has 6 nitrogen and oxygen atoms in total. The van der Waals surface area contributed by atoms with Crippen molar-refractivity contribution in [3.8, 4) is 0 Å². The smallest absolute Gasteiger partial charge is 0.198 e. The van der Waals surface area contributed by atoms with Gasteiger partial charge in [0, 0.05) is 25.8 Å². The molecule has 1 aromatic carbocycles. The van der Waals surface area contributed by atoms with Crippen LogP contribution in [0.2, 0.25) is 0 Å². The van der Waals surface area contributed by atoms with Crippen molar-refractivity contribution in [1.82, 2.24) is 20.1 Å². The molecule has 1 aliphatic rings. The molecule has 0 aliphatic carbocycles. The standard InChI is InChI=1S/C14H18N6/c1-15-14(17-7-9-19-11-16-10-18-19)20-8-6-12-4-2-3-5-13(12)20/h2-5,10-11H,6-9H2,1H3,(H,15,17). The Labute approximate surface area is 118 Å². The highest BCUT2D eigenvalue weighted by Crippen LogP contribution is 2.27. The van der Waals surface area contributed by atoms with Crippen molar-refractivity contribution in [2.24, 2.45) is 4.99 Å². The van der Waals surface area contributed by atoms with Gasteiger partial charge in [0.2, 0.25) is 0 Å². The number of para-hydroxylation sites is 1. The predicted molar refractivity (Wildman–Crippen MR) is 78.9 cm³/mol. The molecule has 0 fully saturated rings. The van der Waals surface area contributed by atoms with Gasteiger partial charge in [-0.3, -0.25) is 9.67 Å². The number of benzene rings is 1. The predicted octanol–water partition coefficient (Wildman–Crippen LogP) is 0.916. The molecule has 6 heteroatoms. The van der Waals surface area contributed by atoms with Gasteiger partial charge in [-0.1, -0.05) is 18.2 Å². The average molecular weight is 270 g/mol. The fourth-order valence-electron chi connectivity index (χ4n) is 2.48. The Morgan fingerprint density at radius 2 is 2.30 bits per heavy atom. The number of anilines is 1. The molecule has 2 aromatic rings. The van der Waals surface area contributed by atoms with Crippen LogP contribution in [-0.2, 0) is 13.0 Å². The van der Waals surface area contributed by atoms with Crippen molar-refractivity contribution in [3.05, 3.63) is 42.5 Å². The zero-order valence-electron chi connectivity index (χ0n) is 11.5. The lowest BCUT2D eigenvalue weighted by molar-refractivity contribution is 0.599. The first-order chi connectivity index (χ1) is 9.88. The van der Waals surface area contributed by atoms with Gasteiger partial charge in [0.25, 0.3) is 0 Å². The Kier molecular flexibility index (Phi) is 3.62. The molecule has 1 aliphatic heterocycles. The minimum Gasteiger partial charge on any atom is -0.354 e. The molecule has 1 N–H and O–H groups in total. The number of aromatic nitrogens is 3. The highest BCUT2D eigenvalue weighted by atomic mass is 15.3. The molecule has 0 bridgehead atoms. The highest BCUT2D eigenvalue weighted by Gasteiger charge is 2.21. The Morgan fingerprint density at radius 3 is 3.10 bits per heavy atom. The number of fused-ring (bicyclic) bond motifs is 1. The number of nitrogens with zero attached hydrogens (tertiary/aromatic N) is 5. The number of hydrogen-bond acceptors (Lipinski definition) is 3. The normalized spacial score (nSPS) is 14.4. The van der Waals surface area contributed by atoms with E-state index >= 15 is 0 Å². The molecule has 2 heterocycles. The summed E-state index contributed by atoms with van der Waals surface area (Å²) in [4.78, 5) is 10.5. The molecule has 0 atom stereocenters. The first-order valence-electron chi connectivity index (χ1n) is 6.77. The number of aliphatic imine (C=N–C) groups is 1. The number of nitrogens with one attached hydrogen (secondary N) is 1. The molecule has 0 amide bonds. The van der Waals surface area contributed by atoms with E-state index in [0.29, 0.717) is 0 Å². The van der Waals surface area contributed by atoms with E-state index in [2.05, 4.69) is 49.6 Å². The fourth-order valence-corrected chi connectivity index (χ4v) is 2.48. The fraction of sp³-hybridized carbons (Fsp3) is 0.357. The summed E-state index contributed by atoms with van der Waals surface area (Å²) in [5.74, 6) is 0.912. The number of hydrogen-bond donors (Lipinski definition) is 1. The first kappa shape index (κ1) is 12.7. The van der Waals surface area contributed by atoms with Gasteiger partial charge in [0.05, 0.1) is 6.54 Å². The quantitative estimate of drug-likeness (QED) is 0.665. The van der Waals surface area contributed by atoms with E-state index in [4.69, 9.17) is 0 Å². The third kappa shape index (κ3) is 2.49. The summed E-state index contributed by atoms with van der Waals surface area (Å²) in [5, 5.41) is 7.46. The molecular weight excluding hydrogens is 252 g/mol. The lowest BCUT2D eigenvalue weighted by Crippen LogP contribution is -2.41. The van der Waals surface area contributed by atoms with Gasteiger partial charge in [-0.2, -0.15) is 5.10 Å². The van der Waals surface area contributed by atoms with Gasteiger partial charge < -0.3 is 10.2 Å². The third-order valence-corrected chi connectivity index (χ3v) is 3.45. The molecule has 0 spiro atoms. The van der Waals surface area contributed by atoms with Crippen LogP contribution in [-0.4, -0.2) is 40.9 Å². The summed E-state index contributed by atoms with van der Waals surface area (Å²) in [5.41, 5.74) is 2.63. The summed E-state index contributed by atoms with van der Waals surface area (Å²) in [6.07, 6.45) is 4.33. The summed E-state index contributed by atoms with van der Waals surface area (Å²) < 4.78 is 1.80. The van der Waals surface area contributed by atoms with Gasteiger partial charge in [0.15, 0.2) is 5.96 Å². The van der Waals surface area contributed by atoms with Gasteiger partial charge in [-0.25, -0.2) is 4.98 Å². The van der Waals surface area contributed by atoms with Crippen molar-refractivity contribution in [3.63, 3.8) is 0 Å². The molecule has 0 unspecified atom stereocenters. The second-order valence-electron chi connectivity index (χ2n) is 4.66. The number of guanidine groups is 1. The largest absolute Gasteiger partial charge is 0.354 e. The van der Waals surface area contributed by atoms with Gasteiger partial charge >= 0.3 is 0 Å². The van der Waals surface area contributed by atoms with Crippen LogP contribution in [0.3, 0.4) is 0 Å². The van der Waals surface area contributed by atoms with Gasteiger partial charge in [0.1, 0.15) is 12.7 Å². The van der Waals surface area contributed by atoms with Crippen LogP contribution in [0.15, 0.2) is 41.9 Å². The van der Waals surface area contributed by atoms with Crippen LogP contribution in [0.5, 0.6) is 0 Å². The molecule has 104 valence electrons. The number of rotatable bonds is 3. The second kappa shape index (κ2) is 5.73. The molecular formula is C14H18N6.